The molecule has 2 N–H and O–H groups in total. The maximum Gasteiger partial charge on any atom is 0.221 e. The highest BCUT2D eigenvalue weighted by Gasteiger charge is 2.17. The first-order valence-electron chi connectivity index (χ1n) is 10.4. The van der Waals surface area contributed by atoms with Crippen molar-refractivity contribution >= 4 is 17.5 Å². The van der Waals surface area contributed by atoms with Gasteiger partial charge in [0.25, 0.3) is 0 Å². The van der Waals surface area contributed by atoms with Gasteiger partial charge in [-0.25, -0.2) is 0 Å². The van der Waals surface area contributed by atoms with Crippen LogP contribution in [0.15, 0.2) is 84.9 Å². The fourth-order valence-corrected chi connectivity index (χ4v) is 3.30. The van der Waals surface area contributed by atoms with Crippen LogP contribution < -0.4 is 15.4 Å². The predicted octanol–water partition coefficient (Wildman–Crippen LogP) is 4.37. The summed E-state index contributed by atoms with van der Waals surface area (Å²) in [5.41, 5.74) is 2.88. The third-order valence-corrected chi connectivity index (χ3v) is 4.76. The second-order valence-corrected chi connectivity index (χ2v) is 7.21. The SMILES string of the molecule is CC(=O)Nc1cccc(OCC#CCNC(=O)CC(c2ccccc2)c2ccccc2)c1. The van der Waals surface area contributed by atoms with Crippen molar-refractivity contribution in [3.05, 3.63) is 96.1 Å². The molecule has 0 radical (unpaired) electrons. The molecule has 3 aromatic rings. The first-order valence-corrected chi connectivity index (χ1v) is 10.4. The Balaban J connectivity index is 1.48. The summed E-state index contributed by atoms with van der Waals surface area (Å²) < 4.78 is 5.58. The number of hydrogen-bond acceptors (Lipinski definition) is 3. The lowest BCUT2D eigenvalue weighted by atomic mass is 9.88. The third kappa shape index (κ3) is 7.33. The van der Waals surface area contributed by atoms with Crippen molar-refractivity contribution < 1.29 is 14.3 Å². The van der Waals surface area contributed by atoms with Crippen LogP contribution in [0.3, 0.4) is 0 Å². The molecule has 0 aromatic heterocycles. The van der Waals surface area contributed by atoms with Gasteiger partial charge in [0.1, 0.15) is 12.4 Å². The Hall–Kier alpha value is -4.04. The fraction of sp³-hybridized carbons (Fsp3) is 0.185. The van der Waals surface area contributed by atoms with E-state index in [0.717, 1.165) is 11.1 Å². The van der Waals surface area contributed by atoms with E-state index in [1.54, 1.807) is 24.3 Å². The molecule has 0 heterocycles. The minimum Gasteiger partial charge on any atom is -0.481 e. The maximum absolute atomic E-state index is 12.5. The normalized spacial score (nSPS) is 10.1. The predicted molar refractivity (Wildman–Crippen MR) is 126 cm³/mol. The lowest BCUT2D eigenvalue weighted by Crippen LogP contribution is -2.25. The van der Waals surface area contributed by atoms with Gasteiger partial charge in [0.2, 0.25) is 11.8 Å². The quantitative estimate of drug-likeness (QED) is 0.526. The molecule has 3 aromatic carbocycles. The maximum atomic E-state index is 12.5. The summed E-state index contributed by atoms with van der Waals surface area (Å²) in [4.78, 5) is 23.7. The molecular weight excluding hydrogens is 400 g/mol. The second-order valence-electron chi connectivity index (χ2n) is 7.21. The number of ether oxygens (including phenoxy) is 1. The van der Waals surface area contributed by atoms with Gasteiger partial charge in [-0.2, -0.15) is 0 Å². The zero-order chi connectivity index (χ0) is 22.6. The molecule has 32 heavy (non-hydrogen) atoms. The van der Waals surface area contributed by atoms with Gasteiger partial charge in [-0.3, -0.25) is 9.59 Å². The highest BCUT2D eigenvalue weighted by molar-refractivity contribution is 5.88. The van der Waals surface area contributed by atoms with Crippen LogP contribution in [0.4, 0.5) is 5.69 Å². The largest absolute Gasteiger partial charge is 0.481 e. The molecule has 2 amide bonds. The van der Waals surface area contributed by atoms with E-state index in [9.17, 15) is 9.59 Å². The van der Waals surface area contributed by atoms with Crippen molar-refractivity contribution in [1.82, 2.24) is 5.32 Å². The van der Waals surface area contributed by atoms with Crippen LogP contribution >= 0.6 is 0 Å². The number of hydrogen-bond donors (Lipinski definition) is 2. The number of benzene rings is 3. The monoisotopic (exact) mass is 426 g/mol. The highest BCUT2D eigenvalue weighted by Crippen LogP contribution is 2.27. The number of anilines is 1. The van der Waals surface area contributed by atoms with Crippen molar-refractivity contribution in [3.63, 3.8) is 0 Å². The van der Waals surface area contributed by atoms with E-state index in [4.69, 9.17) is 4.74 Å². The third-order valence-electron chi connectivity index (χ3n) is 4.76. The molecule has 5 nitrogen and oxygen atoms in total. The molecular formula is C27H26N2O3. The number of carbonyl (C=O) groups excluding carboxylic acids is 2. The molecule has 0 bridgehead atoms. The number of nitrogens with one attached hydrogen (secondary N) is 2. The van der Waals surface area contributed by atoms with Crippen LogP contribution in [0.25, 0.3) is 0 Å². The van der Waals surface area contributed by atoms with Gasteiger partial charge in [-0.15, -0.1) is 0 Å². The summed E-state index contributed by atoms with van der Waals surface area (Å²) in [6.07, 6.45) is 0.349. The van der Waals surface area contributed by atoms with Crippen LogP contribution in [0.2, 0.25) is 0 Å². The van der Waals surface area contributed by atoms with Crippen LogP contribution in [-0.4, -0.2) is 25.0 Å². The first kappa shape index (κ1) is 22.6. The van der Waals surface area contributed by atoms with Crippen molar-refractivity contribution in [2.75, 3.05) is 18.5 Å². The van der Waals surface area contributed by atoms with Crippen LogP contribution in [-0.2, 0) is 9.59 Å². The van der Waals surface area contributed by atoms with Crippen LogP contribution in [0.1, 0.15) is 30.4 Å². The van der Waals surface area contributed by atoms with Gasteiger partial charge in [0.15, 0.2) is 0 Å². The van der Waals surface area contributed by atoms with E-state index in [1.165, 1.54) is 6.92 Å². The average molecular weight is 427 g/mol. The van der Waals surface area contributed by atoms with Crippen molar-refractivity contribution in [2.24, 2.45) is 0 Å². The van der Waals surface area contributed by atoms with E-state index in [2.05, 4.69) is 22.5 Å². The zero-order valence-corrected chi connectivity index (χ0v) is 18.0. The summed E-state index contributed by atoms with van der Waals surface area (Å²) in [5.74, 6) is 6.21. The van der Waals surface area contributed by atoms with Gasteiger partial charge in [0, 0.05) is 31.0 Å². The average Bonchev–Trinajstić information content (AvgIpc) is 2.81. The number of amides is 2. The zero-order valence-electron chi connectivity index (χ0n) is 18.0. The lowest BCUT2D eigenvalue weighted by molar-refractivity contribution is -0.121. The van der Waals surface area contributed by atoms with Crippen molar-refractivity contribution in [2.45, 2.75) is 19.3 Å². The summed E-state index contributed by atoms with van der Waals surface area (Å²) in [7, 11) is 0. The Morgan fingerprint density at radius 2 is 1.53 bits per heavy atom. The Morgan fingerprint density at radius 1 is 0.875 bits per heavy atom. The second kappa shape index (κ2) is 12.0. The minimum absolute atomic E-state index is 0.00965. The van der Waals surface area contributed by atoms with Gasteiger partial charge >= 0.3 is 0 Å². The van der Waals surface area contributed by atoms with Crippen LogP contribution in [0, 0.1) is 11.8 Å². The summed E-state index contributed by atoms with van der Waals surface area (Å²) in [6.45, 7) is 1.90. The molecule has 0 spiro atoms. The Morgan fingerprint density at radius 3 is 2.16 bits per heavy atom. The smallest absolute Gasteiger partial charge is 0.221 e. The molecule has 0 unspecified atom stereocenters. The van der Waals surface area contributed by atoms with E-state index in [-0.39, 0.29) is 30.9 Å². The van der Waals surface area contributed by atoms with E-state index in [0.29, 0.717) is 17.9 Å². The van der Waals surface area contributed by atoms with Gasteiger partial charge < -0.3 is 15.4 Å². The Labute approximate surface area is 188 Å². The van der Waals surface area contributed by atoms with E-state index < -0.39 is 0 Å². The molecule has 0 aliphatic carbocycles. The molecule has 162 valence electrons. The minimum atomic E-state index is -0.139. The van der Waals surface area contributed by atoms with Crippen molar-refractivity contribution in [3.8, 4) is 17.6 Å². The van der Waals surface area contributed by atoms with Gasteiger partial charge in [-0.1, -0.05) is 78.6 Å². The number of rotatable bonds is 8. The summed E-state index contributed by atoms with van der Waals surface area (Å²) >= 11 is 0. The number of carbonyl (C=O) groups is 2. The molecule has 0 fully saturated rings. The lowest BCUT2D eigenvalue weighted by Gasteiger charge is -2.17. The molecule has 3 rings (SSSR count). The Kier molecular flexibility index (Phi) is 8.47. The molecule has 5 heteroatoms. The molecule has 0 saturated heterocycles. The van der Waals surface area contributed by atoms with Gasteiger partial charge in [-0.05, 0) is 23.3 Å². The molecule has 0 saturated carbocycles. The fourth-order valence-electron chi connectivity index (χ4n) is 3.30. The summed E-state index contributed by atoms with van der Waals surface area (Å²) in [5, 5.41) is 5.57. The standard InChI is InChI=1S/C27H26N2O3/c1-21(30)29-24-15-10-16-25(19-24)32-18-9-8-17-28-27(31)20-26(22-11-4-2-5-12-22)23-13-6-3-7-14-23/h2-7,10-16,19,26H,17-18,20H2,1H3,(H,28,31)(H,29,30). The first-order chi connectivity index (χ1) is 15.6. The topological polar surface area (TPSA) is 67.4 Å². The summed E-state index contributed by atoms with van der Waals surface area (Å²) in [6, 6.07) is 27.2. The molecule has 0 aliphatic heterocycles. The van der Waals surface area contributed by atoms with Crippen molar-refractivity contribution in [1.29, 1.82) is 0 Å². The van der Waals surface area contributed by atoms with E-state index >= 15 is 0 Å². The van der Waals surface area contributed by atoms with Crippen LogP contribution in [0.5, 0.6) is 5.75 Å². The molecule has 0 atom stereocenters. The molecule has 0 aliphatic rings. The highest BCUT2D eigenvalue weighted by atomic mass is 16.5. The van der Waals surface area contributed by atoms with Gasteiger partial charge in [0.05, 0.1) is 6.54 Å². The Bertz CT molecular complexity index is 1050. The van der Waals surface area contributed by atoms with E-state index in [1.807, 2.05) is 60.7 Å².